The Morgan fingerprint density at radius 1 is 1.41 bits per heavy atom. The van der Waals surface area contributed by atoms with Gasteiger partial charge in [-0.2, -0.15) is 0 Å². The molecule has 3 fully saturated rings. The van der Waals surface area contributed by atoms with Gasteiger partial charge in [-0.15, -0.1) is 24.9 Å². The number of ether oxygens (including phenoxy) is 1. The molecular weight excluding hydrogens is 496 g/mol. The van der Waals surface area contributed by atoms with Crippen molar-refractivity contribution in [2.45, 2.75) is 53.5 Å². The van der Waals surface area contributed by atoms with Gasteiger partial charge in [0.2, 0.25) is 11.8 Å². The Morgan fingerprint density at radius 3 is 2.78 bits per heavy atom. The zero-order valence-electron chi connectivity index (χ0n) is 18.6. The number of thioether (sulfide) groups is 1. The molecule has 0 saturated carbocycles. The number of β-amino-alcohol motifs (C(OH)–C–C–N with tert-alkyl or cyclic N) is 1. The van der Waals surface area contributed by atoms with Gasteiger partial charge in [0.25, 0.3) is 0 Å². The average molecular weight is 529 g/mol. The van der Waals surface area contributed by atoms with Crippen molar-refractivity contribution < 1.29 is 24.2 Å². The maximum absolute atomic E-state index is 13.8. The normalized spacial score (nSPS) is 32.7. The van der Waals surface area contributed by atoms with E-state index in [1.807, 2.05) is 0 Å². The second-order valence-electron chi connectivity index (χ2n) is 8.59. The van der Waals surface area contributed by atoms with E-state index in [1.54, 1.807) is 28.8 Å². The smallest absolute Gasteiger partial charge is 0.310 e. The number of esters is 1. The molecule has 1 N–H and O–H groups in total. The third kappa shape index (κ3) is 4.28. The number of nitrogens with zero attached hydrogens (tertiary/aromatic N) is 2. The number of carbonyl (C=O) groups excluding carboxylic acids is 3. The first-order valence-corrected chi connectivity index (χ1v) is 13.1. The van der Waals surface area contributed by atoms with Crippen LogP contribution in [0, 0.1) is 11.8 Å². The van der Waals surface area contributed by atoms with Crippen LogP contribution in [0.25, 0.3) is 0 Å². The highest BCUT2D eigenvalue weighted by Gasteiger charge is 2.76. The van der Waals surface area contributed by atoms with Crippen molar-refractivity contribution in [3.63, 3.8) is 0 Å². The number of rotatable bonds is 12. The Hall–Kier alpha value is -1.32. The number of likely N-dealkylation sites (tertiary alicyclic amines) is 1. The van der Waals surface area contributed by atoms with Crippen molar-refractivity contribution in [3.8, 4) is 0 Å². The van der Waals surface area contributed by atoms with Gasteiger partial charge in [-0.25, -0.2) is 0 Å². The minimum Gasteiger partial charge on any atom is -0.465 e. The summed E-state index contributed by atoms with van der Waals surface area (Å²) in [5, 5.41) is 9.55. The van der Waals surface area contributed by atoms with Crippen LogP contribution < -0.4 is 0 Å². The number of fused-ring (bicyclic) bond motifs is 1. The molecule has 1 spiro atoms. The van der Waals surface area contributed by atoms with Gasteiger partial charge in [-0.3, -0.25) is 14.4 Å². The second kappa shape index (κ2) is 10.7. The molecule has 7 nitrogen and oxygen atoms in total. The maximum Gasteiger partial charge on any atom is 0.310 e. The van der Waals surface area contributed by atoms with Gasteiger partial charge in [-0.1, -0.05) is 41.4 Å². The lowest BCUT2D eigenvalue weighted by atomic mass is 9.71. The summed E-state index contributed by atoms with van der Waals surface area (Å²) in [6.07, 6.45) is 6.33. The first kappa shape index (κ1) is 25.3. The molecule has 3 unspecified atom stereocenters. The number of hydrogen-bond donors (Lipinski definition) is 1. The number of carbonyl (C=O) groups is 3. The first-order chi connectivity index (χ1) is 15.4. The van der Waals surface area contributed by atoms with E-state index in [0.29, 0.717) is 25.9 Å². The van der Waals surface area contributed by atoms with E-state index in [-0.39, 0.29) is 47.6 Å². The van der Waals surface area contributed by atoms with Crippen LogP contribution in [0.2, 0.25) is 0 Å². The fourth-order valence-electron chi connectivity index (χ4n) is 5.33. The van der Waals surface area contributed by atoms with Crippen molar-refractivity contribution in [2.75, 3.05) is 32.8 Å². The molecule has 0 aromatic heterocycles. The summed E-state index contributed by atoms with van der Waals surface area (Å²) in [5.74, 6) is -1.99. The molecule has 2 bridgehead atoms. The third-order valence-corrected chi connectivity index (χ3v) is 9.87. The van der Waals surface area contributed by atoms with Crippen molar-refractivity contribution >= 4 is 45.5 Å². The predicted octanol–water partition coefficient (Wildman–Crippen LogP) is 2.38. The SMILES string of the molecule is C=CCCOC(=O)[C@H]1[C@@H]2SC3(CC2Br)C(C(=O)N(CC=C)CCCC)N(CCO)C(=O)[C@H]13. The zero-order valence-corrected chi connectivity index (χ0v) is 21.0. The summed E-state index contributed by atoms with van der Waals surface area (Å²) in [5.41, 5.74) is 0. The number of aliphatic hydroxyl groups is 1. The minimum absolute atomic E-state index is 0.00127. The Kier molecular flexibility index (Phi) is 8.49. The summed E-state index contributed by atoms with van der Waals surface area (Å²) >= 11 is 5.29. The quantitative estimate of drug-likeness (QED) is 0.181. The van der Waals surface area contributed by atoms with Gasteiger partial charge in [0.15, 0.2) is 0 Å². The van der Waals surface area contributed by atoms with Gasteiger partial charge in [-0.05, 0) is 19.3 Å². The summed E-state index contributed by atoms with van der Waals surface area (Å²) in [7, 11) is 0. The van der Waals surface area contributed by atoms with E-state index >= 15 is 0 Å². The number of halogens is 1. The van der Waals surface area contributed by atoms with Crippen LogP contribution in [0.5, 0.6) is 0 Å². The average Bonchev–Trinajstić information content (AvgIpc) is 3.35. The van der Waals surface area contributed by atoms with E-state index < -0.39 is 22.6 Å². The Balaban J connectivity index is 1.97. The van der Waals surface area contributed by atoms with Crippen molar-refractivity contribution in [3.05, 3.63) is 25.3 Å². The van der Waals surface area contributed by atoms with Crippen molar-refractivity contribution in [1.29, 1.82) is 0 Å². The maximum atomic E-state index is 13.8. The monoisotopic (exact) mass is 528 g/mol. The molecular formula is C23H33BrN2O5S. The lowest BCUT2D eigenvalue weighted by Crippen LogP contribution is -2.55. The number of hydrogen-bond acceptors (Lipinski definition) is 6. The largest absolute Gasteiger partial charge is 0.465 e. The molecule has 0 aliphatic carbocycles. The van der Waals surface area contributed by atoms with Crippen LogP contribution in [0.15, 0.2) is 25.3 Å². The molecule has 0 aromatic rings. The number of alkyl halides is 1. The number of amides is 2. The van der Waals surface area contributed by atoms with Gasteiger partial charge in [0, 0.05) is 29.7 Å². The van der Waals surface area contributed by atoms with E-state index in [9.17, 15) is 19.5 Å². The molecule has 3 heterocycles. The number of unbranched alkanes of at least 4 members (excludes halogenated alkanes) is 1. The van der Waals surface area contributed by atoms with Crippen LogP contribution >= 0.6 is 27.7 Å². The first-order valence-electron chi connectivity index (χ1n) is 11.3. The van der Waals surface area contributed by atoms with E-state index in [1.165, 1.54) is 4.90 Å². The topological polar surface area (TPSA) is 87.2 Å². The van der Waals surface area contributed by atoms with E-state index in [0.717, 1.165) is 12.8 Å². The van der Waals surface area contributed by atoms with Gasteiger partial charge >= 0.3 is 5.97 Å². The molecule has 32 heavy (non-hydrogen) atoms. The molecule has 2 amide bonds. The highest BCUT2D eigenvalue weighted by atomic mass is 79.9. The molecule has 9 heteroatoms. The highest BCUT2D eigenvalue weighted by Crippen LogP contribution is 2.67. The lowest BCUT2D eigenvalue weighted by Gasteiger charge is -2.37. The molecule has 178 valence electrons. The fourth-order valence-corrected chi connectivity index (χ4v) is 8.93. The Morgan fingerprint density at radius 2 is 2.16 bits per heavy atom. The summed E-state index contributed by atoms with van der Waals surface area (Å²) in [6, 6.07) is -0.718. The van der Waals surface area contributed by atoms with Gasteiger partial charge in [0.1, 0.15) is 6.04 Å². The zero-order chi connectivity index (χ0) is 23.5. The van der Waals surface area contributed by atoms with Crippen LogP contribution in [-0.2, 0) is 19.1 Å². The van der Waals surface area contributed by atoms with E-state index in [2.05, 4.69) is 36.0 Å². The molecule has 0 radical (unpaired) electrons. The summed E-state index contributed by atoms with van der Waals surface area (Å²) in [4.78, 5) is 43.7. The standard InChI is InChI=1S/C23H33BrN2O5S/c1-4-7-10-25(9-6-3)21(29)19-23-14-15(24)18(32-23)16(22(30)31-13-8-5-2)17(23)20(28)26(19)11-12-27/h5-6,15-19,27H,2-4,7-14H2,1H3/t15?,16-,17+,18-,19?,23?/m1/s1. The van der Waals surface area contributed by atoms with Gasteiger partial charge < -0.3 is 19.6 Å². The molecule has 3 aliphatic heterocycles. The van der Waals surface area contributed by atoms with Crippen LogP contribution in [0.4, 0.5) is 0 Å². The summed E-state index contributed by atoms with van der Waals surface area (Å²) < 4.78 is 4.77. The third-order valence-electron chi connectivity index (χ3n) is 6.65. The van der Waals surface area contributed by atoms with Crippen molar-refractivity contribution in [2.24, 2.45) is 11.8 Å². The highest BCUT2D eigenvalue weighted by molar-refractivity contribution is 9.09. The minimum atomic E-state index is -0.718. The van der Waals surface area contributed by atoms with Crippen molar-refractivity contribution in [1.82, 2.24) is 9.80 Å². The van der Waals surface area contributed by atoms with Crippen LogP contribution in [0.1, 0.15) is 32.6 Å². The molecule has 6 atom stereocenters. The Bertz CT molecular complexity index is 765. The molecule has 0 aromatic carbocycles. The van der Waals surface area contributed by atoms with Crippen LogP contribution in [0.3, 0.4) is 0 Å². The molecule has 3 saturated heterocycles. The molecule has 3 rings (SSSR count). The lowest BCUT2D eigenvalue weighted by molar-refractivity contribution is -0.154. The van der Waals surface area contributed by atoms with E-state index in [4.69, 9.17) is 4.74 Å². The molecule has 3 aliphatic rings. The summed E-state index contributed by atoms with van der Waals surface area (Å²) in [6.45, 7) is 10.5. The van der Waals surface area contributed by atoms with Gasteiger partial charge in [0.05, 0.1) is 29.8 Å². The fraction of sp³-hybridized carbons (Fsp3) is 0.696. The predicted molar refractivity (Wildman–Crippen MR) is 128 cm³/mol. The Labute approximate surface area is 202 Å². The number of aliphatic hydroxyl groups excluding tert-OH is 1. The van der Waals surface area contributed by atoms with Crippen LogP contribution in [-0.4, -0.2) is 86.4 Å². The second-order valence-corrected chi connectivity index (χ2v) is 11.3.